The Labute approximate surface area is 162 Å². The van der Waals surface area contributed by atoms with E-state index in [2.05, 4.69) is 21.2 Å². The molecule has 1 amide bonds. The monoisotopic (exact) mass is 436 g/mol. The molecule has 26 heavy (non-hydrogen) atoms. The molecule has 0 spiro atoms. The fourth-order valence-electron chi connectivity index (χ4n) is 2.39. The number of nitrogens with zero attached hydrogens (tertiary/aromatic N) is 1. The Kier molecular flexibility index (Phi) is 7.14. The number of sulfonamides is 1. The number of anilines is 1. The minimum Gasteiger partial charge on any atom is -0.322 e. The van der Waals surface area contributed by atoms with Crippen LogP contribution in [-0.4, -0.2) is 31.7 Å². The predicted octanol–water partition coefficient (Wildman–Crippen LogP) is 4.13. The molecule has 0 aliphatic carbocycles. The van der Waals surface area contributed by atoms with E-state index < -0.39 is 10.0 Å². The summed E-state index contributed by atoms with van der Waals surface area (Å²) >= 11 is 3.35. The molecule has 0 radical (unpaired) electrons. The summed E-state index contributed by atoms with van der Waals surface area (Å²) in [6.45, 7) is 4.47. The van der Waals surface area contributed by atoms with Gasteiger partial charge in [-0.25, -0.2) is 8.42 Å². The minimum atomic E-state index is -3.47. The van der Waals surface area contributed by atoms with Crippen molar-refractivity contribution in [1.29, 1.82) is 0 Å². The minimum absolute atomic E-state index is 0.247. The van der Waals surface area contributed by atoms with E-state index >= 15 is 0 Å². The van der Waals surface area contributed by atoms with E-state index in [-0.39, 0.29) is 10.8 Å². The van der Waals surface area contributed by atoms with Gasteiger partial charge in [0.15, 0.2) is 0 Å². The molecule has 7 heteroatoms. The van der Waals surface area contributed by atoms with E-state index in [0.29, 0.717) is 18.8 Å². The molecule has 2 rings (SSSR count). The number of rotatable bonds is 7. The molecule has 5 nitrogen and oxygen atoms in total. The largest absolute Gasteiger partial charge is 0.322 e. The number of carbonyl (C=O) groups excluding carboxylic acids is 1. The van der Waals surface area contributed by atoms with Crippen LogP contribution >= 0.6 is 15.9 Å². The van der Waals surface area contributed by atoms with Crippen LogP contribution in [0.25, 0.3) is 6.08 Å². The Morgan fingerprint density at radius 2 is 1.77 bits per heavy atom. The number of benzene rings is 2. The summed E-state index contributed by atoms with van der Waals surface area (Å²) in [4.78, 5) is 12.2. The SMILES string of the molecule is CCN(CC)S(=O)(=O)c1ccc(C=CC(=O)Nc2cccc(Br)c2)cc1. The summed E-state index contributed by atoms with van der Waals surface area (Å²) in [5.41, 5.74) is 1.43. The maximum absolute atomic E-state index is 12.4. The molecule has 138 valence electrons. The van der Waals surface area contributed by atoms with Gasteiger partial charge in [-0.2, -0.15) is 4.31 Å². The Hall–Kier alpha value is -1.96. The van der Waals surface area contributed by atoms with Crippen LogP contribution in [0.4, 0.5) is 5.69 Å². The van der Waals surface area contributed by atoms with Crippen molar-refractivity contribution in [1.82, 2.24) is 4.31 Å². The lowest BCUT2D eigenvalue weighted by Gasteiger charge is -2.18. The molecule has 0 bridgehead atoms. The normalized spacial score (nSPS) is 11.8. The van der Waals surface area contributed by atoms with E-state index in [1.54, 1.807) is 42.5 Å². The number of hydrogen-bond acceptors (Lipinski definition) is 3. The van der Waals surface area contributed by atoms with E-state index in [4.69, 9.17) is 0 Å². The van der Waals surface area contributed by atoms with Crippen molar-refractivity contribution >= 4 is 43.6 Å². The van der Waals surface area contributed by atoms with Gasteiger partial charge < -0.3 is 5.32 Å². The second kappa shape index (κ2) is 9.12. The molecule has 0 saturated heterocycles. The topological polar surface area (TPSA) is 66.5 Å². The fraction of sp³-hybridized carbons (Fsp3) is 0.211. The van der Waals surface area contributed by atoms with Gasteiger partial charge in [0.05, 0.1) is 4.90 Å². The number of amides is 1. The summed E-state index contributed by atoms with van der Waals surface area (Å²) in [6, 6.07) is 13.8. The van der Waals surface area contributed by atoms with Gasteiger partial charge in [-0.15, -0.1) is 0 Å². The van der Waals surface area contributed by atoms with Gasteiger partial charge in [0.25, 0.3) is 0 Å². The standard InChI is InChI=1S/C19H21BrN2O3S/c1-3-22(4-2)26(24,25)18-11-8-15(9-12-18)10-13-19(23)21-17-7-5-6-16(20)14-17/h5-14H,3-4H2,1-2H3,(H,21,23). The van der Waals surface area contributed by atoms with Crippen LogP contribution in [0.3, 0.4) is 0 Å². The lowest BCUT2D eigenvalue weighted by Crippen LogP contribution is -2.30. The van der Waals surface area contributed by atoms with Crippen LogP contribution in [0.5, 0.6) is 0 Å². The first-order valence-electron chi connectivity index (χ1n) is 8.21. The Morgan fingerprint density at radius 3 is 2.35 bits per heavy atom. The number of halogens is 1. The number of carbonyl (C=O) groups is 1. The van der Waals surface area contributed by atoms with Gasteiger partial charge in [0, 0.05) is 29.3 Å². The van der Waals surface area contributed by atoms with Gasteiger partial charge in [-0.3, -0.25) is 4.79 Å². The maximum Gasteiger partial charge on any atom is 0.248 e. The molecule has 0 heterocycles. The third-order valence-corrected chi connectivity index (χ3v) is 6.30. The van der Waals surface area contributed by atoms with Crippen molar-refractivity contribution in [3.63, 3.8) is 0 Å². The van der Waals surface area contributed by atoms with Gasteiger partial charge in [-0.1, -0.05) is 48.0 Å². The highest BCUT2D eigenvalue weighted by molar-refractivity contribution is 9.10. The number of nitrogens with one attached hydrogen (secondary N) is 1. The molecule has 2 aromatic carbocycles. The molecular formula is C19H21BrN2O3S. The Morgan fingerprint density at radius 1 is 1.12 bits per heavy atom. The van der Waals surface area contributed by atoms with Crippen molar-refractivity contribution < 1.29 is 13.2 Å². The van der Waals surface area contributed by atoms with E-state index in [9.17, 15) is 13.2 Å². The smallest absolute Gasteiger partial charge is 0.248 e. The van der Waals surface area contributed by atoms with Crippen LogP contribution in [0.2, 0.25) is 0 Å². The van der Waals surface area contributed by atoms with E-state index in [0.717, 1.165) is 10.0 Å². The molecular weight excluding hydrogens is 416 g/mol. The van der Waals surface area contributed by atoms with Crippen LogP contribution in [-0.2, 0) is 14.8 Å². The highest BCUT2D eigenvalue weighted by Gasteiger charge is 2.20. The van der Waals surface area contributed by atoms with Gasteiger partial charge in [-0.05, 0) is 42.0 Å². The summed E-state index contributed by atoms with van der Waals surface area (Å²) in [5.74, 6) is -0.261. The second-order valence-corrected chi connectivity index (χ2v) is 8.34. The summed E-state index contributed by atoms with van der Waals surface area (Å²) in [5, 5.41) is 2.76. The molecule has 0 fully saturated rings. The molecule has 0 aliphatic heterocycles. The van der Waals surface area contributed by atoms with Crippen LogP contribution < -0.4 is 5.32 Å². The Bertz CT molecular complexity index is 889. The highest BCUT2D eigenvalue weighted by atomic mass is 79.9. The second-order valence-electron chi connectivity index (χ2n) is 5.49. The zero-order chi connectivity index (χ0) is 19.2. The quantitative estimate of drug-likeness (QED) is 0.663. The molecule has 2 aromatic rings. The summed E-state index contributed by atoms with van der Waals surface area (Å²) in [7, 11) is -3.47. The molecule has 0 aliphatic rings. The van der Waals surface area contributed by atoms with Gasteiger partial charge >= 0.3 is 0 Å². The third kappa shape index (κ3) is 5.27. The average molecular weight is 437 g/mol. The molecule has 0 saturated carbocycles. The zero-order valence-corrected chi connectivity index (χ0v) is 17.0. The van der Waals surface area contributed by atoms with Crippen molar-refractivity contribution in [3.8, 4) is 0 Å². The molecule has 0 aromatic heterocycles. The summed E-state index contributed by atoms with van der Waals surface area (Å²) in [6.07, 6.45) is 3.05. The van der Waals surface area contributed by atoms with Gasteiger partial charge in [0.2, 0.25) is 15.9 Å². The van der Waals surface area contributed by atoms with Crippen molar-refractivity contribution in [2.45, 2.75) is 18.7 Å². The first-order valence-corrected chi connectivity index (χ1v) is 10.4. The summed E-state index contributed by atoms with van der Waals surface area (Å²) < 4.78 is 27.2. The zero-order valence-electron chi connectivity index (χ0n) is 14.6. The van der Waals surface area contributed by atoms with Crippen LogP contribution in [0, 0.1) is 0 Å². The highest BCUT2D eigenvalue weighted by Crippen LogP contribution is 2.17. The lowest BCUT2D eigenvalue weighted by molar-refractivity contribution is -0.111. The maximum atomic E-state index is 12.4. The van der Waals surface area contributed by atoms with Crippen LogP contribution in [0.1, 0.15) is 19.4 Å². The molecule has 1 N–H and O–H groups in total. The van der Waals surface area contributed by atoms with Crippen LogP contribution in [0.15, 0.2) is 64.0 Å². The van der Waals surface area contributed by atoms with E-state index in [1.165, 1.54) is 10.4 Å². The predicted molar refractivity (Wildman–Crippen MR) is 108 cm³/mol. The van der Waals surface area contributed by atoms with Crippen molar-refractivity contribution in [2.75, 3.05) is 18.4 Å². The molecule has 0 unspecified atom stereocenters. The lowest BCUT2D eigenvalue weighted by atomic mass is 10.2. The molecule has 0 atom stereocenters. The Balaban J connectivity index is 2.06. The first-order chi connectivity index (χ1) is 12.4. The van der Waals surface area contributed by atoms with Crippen molar-refractivity contribution in [3.05, 3.63) is 64.6 Å². The van der Waals surface area contributed by atoms with Crippen molar-refractivity contribution in [2.24, 2.45) is 0 Å². The van der Waals surface area contributed by atoms with Gasteiger partial charge in [0.1, 0.15) is 0 Å². The van der Waals surface area contributed by atoms with E-state index in [1.807, 2.05) is 26.0 Å². The average Bonchev–Trinajstić information content (AvgIpc) is 2.61. The third-order valence-electron chi connectivity index (χ3n) is 3.74. The first kappa shape index (κ1) is 20.4. The fourth-order valence-corrected chi connectivity index (χ4v) is 4.24. The number of hydrogen-bond donors (Lipinski definition) is 1.